The van der Waals surface area contributed by atoms with Gasteiger partial charge in [0.05, 0.1) is 23.9 Å². The maximum absolute atomic E-state index is 6.51. The van der Waals surface area contributed by atoms with Crippen molar-refractivity contribution in [3.8, 4) is 0 Å². The molecule has 0 spiro atoms. The molecule has 2 nitrogen and oxygen atoms in total. The Morgan fingerprint density at radius 3 is 2.65 bits per heavy atom. The lowest BCUT2D eigenvalue weighted by Gasteiger charge is -2.41. The molecule has 2 saturated heterocycles. The largest absolute Gasteiger partial charge is 0.370 e. The van der Waals surface area contributed by atoms with Crippen LogP contribution in [-0.2, 0) is 16.1 Å². The van der Waals surface area contributed by atoms with Crippen molar-refractivity contribution in [1.29, 1.82) is 0 Å². The molecule has 2 bridgehead atoms. The summed E-state index contributed by atoms with van der Waals surface area (Å²) in [5, 5.41) is 0. The van der Waals surface area contributed by atoms with Crippen molar-refractivity contribution in [2.24, 2.45) is 5.92 Å². The quantitative estimate of drug-likeness (QED) is 0.813. The van der Waals surface area contributed by atoms with E-state index in [0.717, 1.165) is 12.8 Å². The summed E-state index contributed by atoms with van der Waals surface area (Å²) in [5.74, 6) is 0.562. The second-order valence-corrected chi connectivity index (χ2v) is 6.98. The Hall–Kier alpha value is -0.860. The Kier molecular flexibility index (Phi) is 3.64. The molecule has 0 N–H and O–H groups in total. The van der Waals surface area contributed by atoms with Crippen LogP contribution in [0.25, 0.3) is 0 Å². The van der Waals surface area contributed by atoms with E-state index in [1.807, 2.05) is 6.07 Å². The molecule has 0 aliphatic carbocycles. The van der Waals surface area contributed by atoms with Gasteiger partial charge in [-0.05, 0) is 37.7 Å². The lowest BCUT2D eigenvalue weighted by Crippen LogP contribution is -2.44. The Bertz CT molecular complexity index is 456. The molecule has 2 heterocycles. The van der Waals surface area contributed by atoms with Crippen molar-refractivity contribution in [1.82, 2.24) is 0 Å². The summed E-state index contributed by atoms with van der Waals surface area (Å²) in [7, 11) is 0. The SMILES string of the molecule is CC(C)C12CCCC(C)(O1)C(OCc1ccccc1)C2. The molecule has 3 atom stereocenters. The zero-order chi connectivity index (χ0) is 14.2. The second kappa shape index (κ2) is 5.16. The van der Waals surface area contributed by atoms with Crippen LogP contribution >= 0.6 is 0 Å². The van der Waals surface area contributed by atoms with Crippen LogP contribution in [0, 0.1) is 5.92 Å². The molecule has 20 heavy (non-hydrogen) atoms. The summed E-state index contributed by atoms with van der Waals surface area (Å²) in [6.07, 6.45) is 4.85. The second-order valence-electron chi connectivity index (χ2n) is 6.98. The minimum Gasteiger partial charge on any atom is -0.370 e. The average molecular weight is 274 g/mol. The first-order valence-corrected chi connectivity index (χ1v) is 7.90. The maximum Gasteiger partial charge on any atom is 0.0923 e. The van der Waals surface area contributed by atoms with Gasteiger partial charge in [-0.1, -0.05) is 44.2 Å². The Labute approximate surface area is 122 Å². The van der Waals surface area contributed by atoms with Gasteiger partial charge >= 0.3 is 0 Å². The van der Waals surface area contributed by atoms with Gasteiger partial charge in [-0.15, -0.1) is 0 Å². The van der Waals surface area contributed by atoms with Crippen LogP contribution in [0.4, 0.5) is 0 Å². The number of rotatable bonds is 4. The fourth-order valence-electron chi connectivity index (χ4n) is 3.85. The zero-order valence-electron chi connectivity index (χ0n) is 12.9. The summed E-state index contributed by atoms with van der Waals surface area (Å²) in [5.41, 5.74) is 1.21. The van der Waals surface area contributed by atoms with Crippen LogP contribution < -0.4 is 0 Å². The fraction of sp³-hybridized carbons (Fsp3) is 0.667. The molecule has 0 radical (unpaired) electrons. The van der Waals surface area contributed by atoms with Gasteiger partial charge in [0.15, 0.2) is 0 Å². The van der Waals surface area contributed by atoms with Crippen LogP contribution in [0.1, 0.15) is 52.0 Å². The van der Waals surface area contributed by atoms with Crippen molar-refractivity contribution >= 4 is 0 Å². The molecular weight excluding hydrogens is 248 g/mol. The van der Waals surface area contributed by atoms with E-state index in [0.29, 0.717) is 12.5 Å². The Balaban J connectivity index is 1.71. The van der Waals surface area contributed by atoms with Gasteiger partial charge in [-0.2, -0.15) is 0 Å². The first-order chi connectivity index (χ1) is 9.54. The number of hydrogen-bond donors (Lipinski definition) is 0. The average Bonchev–Trinajstić information content (AvgIpc) is 2.64. The third-order valence-electron chi connectivity index (χ3n) is 5.27. The number of ether oxygens (including phenoxy) is 2. The summed E-state index contributed by atoms with van der Waals surface area (Å²) in [6, 6.07) is 10.4. The first-order valence-electron chi connectivity index (χ1n) is 7.90. The van der Waals surface area contributed by atoms with Crippen LogP contribution in [-0.4, -0.2) is 17.3 Å². The summed E-state index contributed by atoms with van der Waals surface area (Å²) in [6.45, 7) is 7.50. The molecule has 0 amide bonds. The van der Waals surface area contributed by atoms with Gasteiger partial charge in [0.25, 0.3) is 0 Å². The number of hydrogen-bond acceptors (Lipinski definition) is 2. The summed E-state index contributed by atoms with van der Waals surface area (Å²) >= 11 is 0. The molecule has 3 rings (SSSR count). The van der Waals surface area contributed by atoms with Gasteiger partial charge in [0.1, 0.15) is 0 Å². The molecule has 2 fully saturated rings. The lowest BCUT2D eigenvalue weighted by molar-refractivity contribution is -0.171. The van der Waals surface area contributed by atoms with Crippen LogP contribution in [0.15, 0.2) is 30.3 Å². The van der Waals surface area contributed by atoms with Gasteiger partial charge in [-0.3, -0.25) is 0 Å². The molecule has 110 valence electrons. The van der Waals surface area contributed by atoms with Crippen molar-refractivity contribution in [2.45, 2.75) is 70.4 Å². The van der Waals surface area contributed by atoms with E-state index < -0.39 is 0 Å². The molecule has 0 saturated carbocycles. The van der Waals surface area contributed by atoms with E-state index >= 15 is 0 Å². The van der Waals surface area contributed by atoms with E-state index in [-0.39, 0.29) is 17.3 Å². The van der Waals surface area contributed by atoms with E-state index in [9.17, 15) is 0 Å². The minimum absolute atomic E-state index is 0.0500. The molecular formula is C18H26O2. The minimum atomic E-state index is -0.0860. The van der Waals surface area contributed by atoms with Gasteiger partial charge in [0.2, 0.25) is 0 Å². The van der Waals surface area contributed by atoms with Crippen molar-refractivity contribution in [2.75, 3.05) is 0 Å². The first kappa shape index (κ1) is 14.1. The maximum atomic E-state index is 6.51. The van der Waals surface area contributed by atoms with Crippen molar-refractivity contribution < 1.29 is 9.47 Å². The van der Waals surface area contributed by atoms with Gasteiger partial charge in [0, 0.05) is 6.42 Å². The topological polar surface area (TPSA) is 18.5 Å². The Morgan fingerprint density at radius 1 is 1.25 bits per heavy atom. The third kappa shape index (κ3) is 2.40. The predicted molar refractivity (Wildman–Crippen MR) is 80.5 cm³/mol. The van der Waals surface area contributed by atoms with Crippen molar-refractivity contribution in [3.05, 3.63) is 35.9 Å². The molecule has 1 aromatic carbocycles. The van der Waals surface area contributed by atoms with Crippen LogP contribution in [0.2, 0.25) is 0 Å². The Morgan fingerprint density at radius 2 is 2.00 bits per heavy atom. The highest BCUT2D eigenvalue weighted by molar-refractivity contribution is 5.14. The zero-order valence-corrected chi connectivity index (χ0v) is 12.9. The van der Waals surface area contributed by atoms with E-state index in [4.69, 9.17) is 9.47 Å². The molecule has 1 aromatic rings. The molecule has 2 aliphatic heterocycles. The van der Waals surface area contributed by atoms with Crippen LogP contribution in [0.3, 0.4) is 0 Å². The van der Waals surface area contributed by atoms with Gasteiger partial charge < -0.3 is 9.47 Å². The molecule has 2 aliphatic rings. The fourth-order valence-corrected chi connectivity index (χ4v) is 3.85. The highest BCUT2D eigenvalue weighted by Crippen LogP contribution is 2.52. The highest BCUT2D eigenvalue weighted by Gasteiger charge is 2.57. The lowest BCUT2D eigenvalue weighted by atomic mass is 9.83. The molecule has 0 aromatic heterocycles. The summed E-state index contributed by atoms with van der Waals surface area (Å²) < 4.78 is 12.8. The molecule has 3 unspecified atom stereocenters. The highest BCUT2D eigenvalue weighted by atomic mass is 16.6. The number of benzene rings is 1. The third-order valence-corrected chi connectivity index (χ3v) is 5.27. The normalized spacial score (nSPS) is 36.5. The monoisotopic (exact) mass is 274 g/mol. The smallest absolute Gasteiger partial charge is 0.0923 e. The van der Waals surface area contributed by atoms with Crippen molar-refractivity contribution in [3.63, 3.8) is 0 Å². The van der Waals surface area contributed by atoms with Gasteiger partial charge in [-0.25, -0.2) is 0 Å². The van der Waals surface area contributed by atoms with E-state index in [2.05, 4.69) is 45.0 Å². The molecule has 2 heteroatoms. The van der Waals surface area contributed by atoms with E-state index in [1.165, 1.54) is 18.4 Å². The predicted octanol–water partition coefficient (Wildman–Crippen LogP) is 4.33. The summed E-state index contributed by atoms with van der Waals surface area (Å²) in [4.78, 5) is 0. The van der Waals surface area contributed by atoms with Crippen LogP contribution in [0.5, 0.6) is 0 Å². The standard InChI is InChI=1S/C18H26O2/c1-14(2)18-11-7-10-17(3,20-18)16(12-18)19-13-15-8-5-4-6-9-15/h4-6,8-9,14,16H,7,10-13H2,1-3H3. The van der Waals surface area contributed by atoms with E-state index in [1.54, 1.807) is 0 Å². The number of fused-ring (bicyclic) bond motifs is 2.